The van der Waals surface area contributed by atoms with Crippen molar-refractivity contribution in [1.29, 1.82) is 0 Å². The van der Waals surface area contributed by atoms with Crippen LogP contribution in [0.5, 0.6) is 0 Å². The number of hydrogen-bond donors (Lipinski definition) is 1. The van der Waals surface area contributed by atoms with Crippen molar-refractivity contribution in [3.05, 3.63) is 83.1 Å². The van der Waals surface area contributed by atoms with Gasteiger partial charge in [-0.2, -0.15) is 4.57 Å². The first-order chi connectivity index (χ1) is 27.9. The topological polar surface area (TPSA) is 21.4 Å². The van der Waals surface area contributed by atoms with Gasteiger partial charge in [0.1, 0.15) is 13.1 Å². The Morgan fingerprint density at radius 2 is 1.23 bits per heavy atom. The van der Waals surface area contributed by atoms with E-state index in [-0.39, 0.29) is 29.7 Å². The summed E-state index contributed by atoms with van der Waals surface area (Å²) >= 11 is 1.80. The van der Waals surface area contributed by atoms with Crippen LogP contribution in [-0.2, 0) is 17.8 Å². The molecule has 6 rings (SSSR count). The van der Waals surface area contributed by atoms with Gasteiger partial charge in [0.05, 0.1) is 51.3 Å². The number of thiazole rings is 1. The van der Waals surface area contributed by atoms with E-state index < -0.39 is 0 Å². The number of morpholine rings is 1. The van der Waals surface area contributed by atoms with Gasteiger partial charge in [-0.25, -0.2) is 4.57 Å². The zero-order chi connectivity index (χ0) is 42.3. The maximum absolute atomic E-state index is 5.40. The number of nitrogens with one attached hydrogen (secondary N) is 1. The zero-order valence-electron chi connectivity index (χ0n) is 39.6. The van der Waals surface area contributed by atoms with Crippen LogP contribution in [0.25, 0.3) is 0 Å². The van der Waals surface area contributed by atoms with Crippen molar-refractivity contribution < 1.29 is 23.3 Å². The summed E-state index contributed by atoms with van der Waals surface area (Å²) in [6.07, 6.45) is 18.0. The van der Waals surface area contributed by atoms with Gasteiger partial charge in [-0.1, -0.05) is 127 Å². The normalized spacial score (nSPS) is 19.9. The molecule has 3 aliphatic rings. The summed E-state index contributed by atoms with van der Waals surface area (Å²) in [6.45, 7) is 38.8. The third kappa shape index (κ3) is 23.7. The lowest BCUT2D eigenvalue weighted by molar-refractivity contribution is -0.923. The van der Waals surface area contributed by atoms with Crippen LogP contribution < -0.4 is 14.0 Å². The summed E-state index contributed by atoms with van der Waals surface area (Å²) in [7, 11) is 0. The number of ether oxygens (including phenoxy) is 1. The van der Waals surface area contributed by atoms with Crippen molar-refractivity contribution in [3.8, 4) is 0 Å². The SMILES string of the molecule is C.C.C.C.CC(C)C1CCC(C[NH+]2CCOCC2)C1.CC(C)C1CCC(C[n+]2ccsc2)CC1.CC(C)c1ccc(C[n+]2ccccc2)cc1.CC[N+](CC)(CC)CCC(C)C. The third-order valence-electron chi connectivity index (χ3n) is 14.1. The molecule has 3 aromatic rings. The Kier molecular flexibility index (Phi) is 34.2. The van der Waals surface area contributed by atoms with E-state index in [1.165, 1.54) is 119 Å². The zero-order valence-corrected chi connectivity index (χ0v) is 40.5. The second-order valence-electron chi connectivity index (χ2n) is 19.6. The lowest BCUT2D eigenvalue weighted by Gasteiger charge is -2.36. The number of nitrogens with zero attached hydrogens (tertiary/aromatic N) is 3. The molecule has 0 bridgehead atoms. The Hall–Kier alpha value is -2.12. The van der Waals surface area contributed by atoms with Gasteiger partial charge in [-0.15, -0.1) is 0 Å². The number of pyridine rings is 1. The van der Waals surface area contributed by atoms with Gasteiger partial charge in [-0.05, 0) is 113 Å². The molecule has 2 saturated carbocycles. The summed E-state index contributed by atoms with van der Waals surface area (Å²) in [5, 5.41) is 2.17. The van der Waals surface area contributed by atoms with Gasteiger partial charge in [-0.3, -0.25) is 0 Å². The van der Waals surface area contributed by atoms with E-state index in [1.807, 2.05) is 6.07 Å². The molecule has 0 radical (unpaired) electrons. The van der Waals surface area contributed by atoms with Crippen LogP contribution in [0.4, 0.5) is 0 Å². The van der Waals surface area contributed by atoms with Crippen LogP contribution in [0.15, 0.2) is 71.9 Å². The van der Waals surface area contributed by atoms with Crippen LogP contribution in [-0.4, -0.2) is 63.5 Å². The Labute approximate surface area is 392 Å². The third-order valence-corrected chi connectivity index (χ3v) is 14.8. The molecule has 6 heteroatoms. The van der Waals surface area contributed by atoms with Gasteiger partial charge in [0.25, 0.3) is 0 Å². The standard InChI is InChI=1S/C15H18N.C13H25NO.C13H22NS.C11H26N.4CH4/c1-13(2)15-8-6-14(7-9-15)12-16-10-4-3-5-11-16;1-11(2)13-4-3-12(9-13)10-14-5-7-15-8-6-14;1-11(2)13-5-3-12(4-6-13)9-14-7-8-15-10-14;1-6-12(7-2,8-3)10-9-11(4)5;;;;/h3-11,13H,12H2,1-2H3;11-13H,3-10H2,1-2H3;7-8,10-13H,3-6,9H2,1-2H3;11H,6-10H2,1-5H3;4*1H4/q+1;;2*+1;;;;/p+1. The summed E-state index contributed by atoms with van der Waals surface area (Å²) < 4.78 is 11.2. The van der Waals surface area contributed by atoms with Gasteiger partial charge in [0.2, 0.25) is 5.51 Å². The predicted octanol–water partition coefficient (Wildman–Crippen LogP) is 13.1. The van der Waals surface area contributed by atoms with E-state index in [0.717, 1.165) is 61.2 Å². The molecule has 3 fully saturated rings. The molecule has 2 atom stereocenters. The predicted molar refractivity (Wildman–Crippen MR) is 276 cm³/mol. The molecular weight excluding hydrogens is 777 g/mol. The first-order valence-electron chi connectivity index (χ1n) is 24.1. The van der Waals surface area contributed by atoms with E-state index >= 15 is 0 Å². The van der Waals surface area contributed by atoms with E-state index in [1.54, 1.807) is 16.2 Å². The van der Waals surface area contributed by atoms with Crippen molar-refractivity contribution in [2.75, 3.05) is 59.0 Å². The minimum atomic E-state index is 0. The second kappa shape index (κ2) is 34.3. The molecule has 2 unspecified atom stereocenters. The number of aromatic nitrogens is 2. The van der Waals surface area contributed by atoms with Crippen molar-refractivity contribution in [3.63, 3.8) is 0 Å². The first-order valence-corrected chi connectivity index (χ1v) is 25.0. The molecule has 3 heterocycles. The molecule has 1 saturated heterocycles. The molecule has 62 heavy (non-hydrogen) atoms. The smallest absolute Gasteiger partial charge is 0.224 e. The van der Waals surface area contributed by atoms with Crippen molar-refractivity contribution in [2.24, 2.45) is 41.4 Å². The average molecular weight is 886 g/mol. The van der Waals surface area contributed by atoms with E-state index in [4.69, 9.17) is 4.74 Å². The van der Waals surface area contributed by atoms with E-state index in [0.29, 0.717) is 5.92 Å². The molecular formula is C56H108N4OS+4. The fourth-order valence-corrected chi connectivity index (χ4v) is 9.92. The Bertz CT molecular complexity index is 1400. The van der Waals surface area contributed by atoms with Crippen molar-refractivity contribution >= 4 is 11.3 Å². The lowest BCUT2D eigenvalue weighted by Crippen LogP contribution is -3.14. The Balaban J connectivity index is 0. The average Bonchev–Trinajstić information content (AvgIpc) is 3.94. The van der Waals surface area contributed by atoms with Crippen LogP contribution in [0.2, 0.25) is 0 Å². The maximum atomic E-state index is 5.40. The molecule has 1 aromatic carbocycles. The van der Waals surface area contributed by atoms with Gasteiger partial charge in [0.15, 0.2) is 31.7 Å². The molecule has 0 spiro atoms. The summed E-state index contributed by atoms with van der Waals surface area (Å²) in [5.41, 5.74) is 4.98. The minimum Gasteiger partial charge on any atom is -0.370 e. The van der Waals surface area contributed by atoms with Gasteiger partial charge >= 0.3 is 0 Å². The number of hydrogen-bond acceptors (Lipinski definition) is 2. The Morgan fingerprint density at radius 3 is 1.69 bits per heavy atom. The van der Waals surface area contributed by atoms with E-state index in [9.17, 15) is 0 Å². The molecule has 360 valence electrons. The maximum Gasteiger partial charge on any atom is 0.224 e. The van der Waals surface area contributed by atoms with Gasteiger partial charge < -0.3 is 14.1 Å². The van der Waals surface area contributed by atoms with E-state index in [2.05, 4.69) is 151 Å². The highest BCUT2D eigenvalue weighted by atomic mass is 32.1. The number of benzene rings is 1. The largest absolute Gasteiger partial charge is 0.370 e. The minimum absolute atomic E-state index is 0. The number of rotatable bonds is 15. The van der Waals surface area contributed by atoms with Crippen LogP contribution >= 0.6 is 11.3 Å². The summed E-state index contributed by atoms with van der Waals surface area (Å²) in [4.78, 5) is 1.79. The first kappa shape index (κ1) is 62.0. The second-order valence-corrected chi connectivity index (χ2v) is 20.4. The molecule has 5 nitrogen and oxygen atoms in total. The summed E-state index contributed by atoms with van der Waals surface area (Å²) in [5.74, 6) is 7.19. The molecule has 1 aliphatic heterocycles. The van der Waals surface area contributed by atoms with Crippen LogP contribution in [0.1, 0.15) is 174 Å². The highest BCUT2D eigenvalue weighted by molar-refractivity contribution is 7.07. The monoisotopic (exact) mass is 885 g/mol. The highest BCUT2D eigenvalue weighted by Crippen LogP contribution is 2.35. The van der Waals surface area contributed by atoms with Crippen molar-refractivity contribution in [1.82, 2.24) is 0 Å². The van der Waals surface area contributed by atoms with Crippen LogP contribution in [0.3, 0.4) is 0 Å². The fourth-order valence-electron chi connectivity index (χ4n) is 9.31. The molecule has 2 aromatic heterocycles. The van der Waals surface area contributed by atoms with Gasteiger partial charge in [0, 0.05) is 29.5 Å². The quantitative estimate of drug-likeness (QED) is 0.119. The number of quaternary nitrogens is 2. The van der Waals surface area contributed by atoms with Crippen LogP contribution in [0, 0.1) is 41.4 Å². The Morgan fingerprint density at radius 1 is 0.677 bits per heavy atom. The fraction of sp³-hybridized carbons (Fsp3) is 0.750. The summed E-state index contributed by atoms with van der Waals surface area (Å²) in [6, 6.07) is 15.0. The molecule has 0 amide bonds. The lowest BCUT2D eigenvalue weighted by atomic mass is 9.77. The van der Waals surface area contributed by atoms with Crippen molar-refractivity contribution in [2.45, 2.75) is 176 Å². The molecule has 2 aliphatic carbocycles. The molecule has 1 N–H and O–H groups in total. The highest BCUT2D eigenvalue weighted by Gasteiger charge is 2.30.